The number of methoxy groups -OCH3 is 2. The van der Waals surface area contributed by atoms with Gasteiger partial charge in [-0.2, -0.15) is 0 Å². The first-order chi connectivity index (χ1) is 18.0. The van der Waals surface area contributed by atoms with E-state index in [0.717, 1.165) is 29.8 Å². The van der Waals surface area contributed by atoms with Crippen LogP contribution in [-0.4, -0.2) is 70.6 Å². The summed E-state index contributed by atoms with van der Waals surface area (Å²) in [5, 5.41) is 11.5. The normalized spacial score (nSPS) is 16.2. The fourth-order valence-corrected chi connectivity index (χ4v) is 4.80. The van der Waals surface area contributed by atoms with Crippen LogP contribution in [0.2, 0.25) is 0 Å². The van der Waals surface area contributed by atoms with E-state index in [1.807, 2.05) is 18.2 Å². The Labute approximate surface area is 214 Å². The van der Waals surface area contributed by atoms with Gasteiger partial charge in [0.05, 0.1) is 19.3 Å². The van der Waals surface area contributed by atoms with Gasteiger partial charge < -0.3 is 29.0 Å². The molecule has 0 saturated carbocycles. The Morgan fingerprint density at radius 3 is 2.78 bits per heavy atom. The molecule has 3 aromatic rings. The number of ether oxygens (including phenoxy) is 3. The van der Waals surface area contributed by atoms with E-state index in [9.17, 15) is 9.59 Å². The van der Waals surface area contributed by atoms with Crippen LogP contribution in [0.3, 0.4) is 0 Å². The number of hydrogen-bond acceptors (Lipinski definition) is 8. The van der Waals surface area contributed by atoms with Gasteiger partial charge in [-0.25, -0.2) is 9.78 Å². The summed E-state index contributed by atoms with van der Waals surface area (Å²) in [7, 11) is 3.09. The number of nitrogens with zero attached hydrogens (tertiary/aromatic N) is 5. The van der Waals surface area contributed by atoms with Crippen LogP contribution in [0.5, 0.6) is 5.75 Å². The van der Waals surface area contributed by atoms with E-state index in [4.69, 9.17) is 14.2 Å². The Kier molecular flexibility index (Phi) is 7.04. The van der Waals surface area contributed by atoms with Gasteiger partial charge in [0.2, 0.25) is 0 Å². The van der Waals surface area contributed by atoms with E-state index in [1.165, 1.54) is 7.11 Å². The second-order valence-electron chi connectivity index (χ2n) is 9.16. The highest BCUT2D eigenvalue weighted by Crippen LogP contribution is 2.31. The summed E-state index contributed by atoms with van der Waals surface area (Å²) in [6.07, 6.45) is 2.15. The zero-order valence-corrected chi connectivity index (χ0v) is 21.2. The highest BCUT2D eigenvalue weighted by atomic mass is 16.6. The average Bonchev–Trinajstić information content (AvgIpc) is 3.50. The minimum Gasteiger partial charge on any atom is -0.496 e. The van der Waals surface area contributed by atoms with Gasteiger partial charge in [-0.3, -0.25) is 4.79 Å². The van der Waals surface area contributed by atoms with Crippen molar-refractivity contribution in [1.29, 1.82) is 0 Å². The van der Waals surface area contributed by atoms with Gasteiger partial charge in [0.25, 0.3) is 5.91 Å². The number of nitrogens with one attached hydrogen (secondary N) is 1. The first-order valence-corrected chi connectivity index (χ1v) is 12.3. The summed E-state index contributed by atoms with van der Waals surface area (Å²) in [5.41, 5.74) is 2.91. The van der Waals surface area contributed by atoms with E-state index in [2.05, 4.69) is 32.0 Å². The molecule has 0 saturated heterocycles. The molecule has 0 unspecified atom stereocenters. The fourth-order valence-electron chi connectivity index (χ4n) is 4.80. The van der Waals surface area contributed by atoms with Gasteiger partial charge in [0.1, 0.15) is 29.7 Å². The summed E-state index contributed by atoms with van der Waals surface area (Å²) in [6, 6.07) is 9.36. The molecule has 0 radical (unpaired) electrons. The number of aryl methyl sites for hydroxylation is 1. The van der Waals surface area contributed by atoms with Crippen molar-refractivity contribution in [3.8, 4) is 17.3 Å². The summed E-state index contributed by atoms with van der Waals surface area (Å²) in [4.78, 5) is 32.0. The molecule has 0 fully saturated rings. The van der Waals surface area contributed by atoms with Crippen molar-refractivity contribution < 1.29 is 23.8 Å². The molecule has 2 aliphatic heterocycles. The molecule has 0 spiro atoms. The second-order valence-corrected chi connectivity index (χ2v) is 9.16. The van der Waals surface area contributed by atoms with Crippen molar-refractivity contribution in [2.75, 3.05) is 39.3 Å². The summed E-state index contributed by atoms with van der Waals surface area (Å²) < 4.78 is 17.8. The molecule has 5 rings (SSSR count). The third-order valence-electron chi connectivity index (χ3n) is 6.76. The number of rotatable bonds is 7. The Balaban J connectivity index is 1.35. The highest BCUT2D eigenvalue weighted by Gasteiger charge is 2.27. The lowest BCUT2D eigenvalue weighted by Crippen LogP contribution is -2.37. The number of aromatic nitrogens is 4. The van der Waals surface area contributed by atoms with Crippen molar-refractivity contribution in [2.24, 2.45) is 0 Å². The minimum absolute atomic E-state index is 0.192. The molecule has 1 aromatic carbocycles. The van der Waals surface area contributed by atoms with E-state index in [1.54, 1.807) is 24.1 Å². The molecule has 37 heavy (non-hydrogen) atoms. The lowest BCUT2D eigenvalue weighted by atomic mass is 9.96. The predicted octanol–water partition coefficient (Wildman–Crippen LogP) is 3.25. The van der Waals surface area contributed by atoms with E-state index in [0.29, 0.717) is 60.8 Å². The van der Waals surface area contributed by atoms with E-state index >= 15 is 0 Å². The number of benzene rings is 1. The van der Waals surface area contributed by atoms with Crippen molar-refractivity contribution in [2.45, 2.75) is 38.8 Å². The lowest BCUT2D eigenvalue weighted by Gasteiger charge is -2.29. The highest BCUT2D eigenvalue weighted by molar-refractivity contribution is 6.06. The third-order valence-corrected chi connectivity index (χ3v) is 6.76. The van der Waals surface area contributed by atoms with Crippen LogP contribution in [-0.2, 0) is 28.9 Å². The number of carbonyl (C=O) groups is 2. The summed E-state index contributed by atoms with van der Waals surface area (Å²) in [6.45, 7) is 3.53. The predicted molar refractivity (Wildman–Crippen MR) is 135 cm³/mol. The Morgan fingerprint density at radius 2 is 1.97 bits per heavy atom. The van der Waals surface area contributed by atoms with Crippen molar-refractivity contribution in [3.05, 3.63) is 52.8 Å². The number of anilines is 1. The Morgan fingerprint density at radius 1 is 1.11 bits per heavy atom. The fraction of sp³-hybridized carbons (Fsp3) is 0.423. The average molecular weight is 507 g/mol. The van der Waals surface area contributed by atoms with Crippen LogP contribution in [0.25, 0.3) is 11.5 Å². The molecular weight excluding hydrogens is 476 g/mol. The van der Waals surface area contributed by atoms with Crippen LogP contribution < -0.4 is 10.1 Å². The molecule has 1 atom stereocenters. The number of amides is 2. The molecule has 11 nitrogen and oxygen atoms in total. The molecule has 2 aliphatic rings. The maximum Gasteiger partial charge on any atom is 0.410 e. The molecule has 4 heterocycles. The monoisotopic (exact) mass is 506 g/mol. The van der Waals surface area contributed by atoms with Crippen LogP contribution in [0.4, 0.5) is 10.6 Å². The first kappa shape index (κ1) is 24.7. The van der Waals surface area contributed by atoms with E-state index in [-0.39, 0.29) is 12.5 Å². The maximum atomic E-state index is 13.3. The molecule has 11 heteroatoms. The van der Waals surface area contributed by atoms with Gasteiger partial charge in [-0.05, 0) is 55.2 Å². The Hall–Kier alpha value is -3.99. The van der Waals surface area contributed by atoms with Gasteiger partial charge in [-0.15, -0.1) is 10.2 Å². The first-order valence-electron chi connectivity index (χ1n) is 12.3. The topological polar surface area (TPSA) is 121 Å². The van der Waals surface area contributed by atoms with Gasteiger partial charge in [0.15, 0.2) is 5.82 Å². The van der Waals surface area contributed by atoms with Crippen LogP contribution in [0.1, 0.15) is 46.7 Å². The maximum absolute atomic E-state index is 13.3. The number of fused-ring (bicyclic) bond motifs is 2. The zero-order valence-electron chi connectivity index (χ0n) is 21.2. The molecule has 0 aliphatic carbocycles. The smallest absolute Gasteiger partial charge is 0.410 e. The van der Waals surface area contributed by atoms with Crippen LogP contribution in [0, 0.1) is 0 Å². The molecular formula is C26H30N6O5. The van der Waals surface area contributed by atoms with Gasteiger partial charge >= 0.3 is 6.09 Å². The van der Waals surface area contributed by atoms with Crippen molar-refractivity contribution in [3.63, 3.8) is 0 Å². The number of carbonyl (C=O) groups excluding carboxylic acids is 2. The molecule has 2 aromatic heterocycles. The molecule has 2 amide bonds. The number of hydrogen-bond donors (Lipinski definition) is 1. The summed E-state index contributed by atoms with van der Waals surface area (Å²) in [5.74, 6) is 2.15. The summed E-state index contributed by atoms with van der Waals surface area (Å²) >= 11 is 0. The lowest BCUT2D eigenvalue weighted by molar-refractivity contribution is 0.0688. The molecule has 1 N–H and O–H groups in total. The van der Waals surface area contributed by atoms with Crippen LogP contribution in [0.15, 0.2) is 30.3 Å². The molecule has 0 bridgehead atoms. The SMILES string of the molecule is COCCOC(=O)N1CCc2cc(OC)c(C(=O)Nc3cccc(-c4nnc5n4[C@H](C)CC5)n3)cc2C1. The zero-order chi connectivity index (χ0) is 25.9. The second kappa shape index (κ2) is 10.6. The standard InChI is InChI=1S/C26H30N6O5/c1-16-7-8-23-29-30-24(32(16)23)20-5-4-6-22(27-20)28-25(33)19-13-18-15-31(26(34)37-12-11-35-2)10-9-17(18)14-21(19)36-3/h4-6,13-14,16H,7-12,15H2,1-3H3,(H,27,28,33)/t16-/m1/s1. The van der Waals surface area contributed by atoms with Gasteiger partial charge in [-0.1, -0.05) is 6.07 Å². The van der Waals surface area contributed by atoms with Crippen molar-refractivity contribution >= 4 is 17.8 Å². The Bertz CT molecular complexity index is 1320. The number of pyridine rings is 1. The van der Waals surface area contributed by atoms with Crippen molar-refractivity contribution in [1.82, 2.24) is 24.6 Å². The largest absolute Gasteiger partial charge is 0.496 e. The van der Waals surface area contributed by atoms with Crippen LogP contribution >= 0.6 is 0 Å². The molecule has 194 valence electrons. The van der Waals surface area contributed by atoms with Gasteiger partial charge in [0, 0.05) is 32.7 Å². The quantitative estimate of drug-likeness (QED) is 0.485. The minimum atomic E-state index is -0.403. The third kappa shape index (κ3) is 4.99. The van der Waals surface area contributed by atoms with E-state index < -0.39 is 6.09 Å².